The highest BCUT2D eigenvalue weighted by Gasteiger charge is 2.08. The normalized spacial score (nSPS) is 11.6. The molecule has 22 heavy (non-hydrogen) atoms. The van der Waals surface area contributed by atoms with Crippen molar-refractivity contribution < 1.29 is 0 Å². The Kier molecular flexibility index (Phi) is 4.40. The number of H-pyrrole nitrogens is 1. The molecule has 2 aromatic heterocycles. The number of hydrogen-bond donors (Lipinski definition) is 1. The van der Waals surface area contributed by atoms with Gasteiger partial charge in [0.1, 0.15) is 0 Å². The summed E-state index contributed by atoms with van der Waals surface area (Å²) in [4.78, 5) is 9.81. The van der Waals surface area contributed by atoms with Crippen LogP contribution < -0.4 is 0 Å². The van der Waals surface area contributed by atoms with Crippen LogP contribution in [0.15, 0.2) is 36.9 Å². The summed E-state index contributed by atoms with van der Waals surface area (Å²) in [5, 5.41) is 0. The Hall–Kier alpha value is -1.92. The third-order valence-electron chi connectivity index (χ3n) is 4.10. The van der Waals surface area contributed by atoms with E-state index >= 15 is 0 Å². The molecule has 0 unspecified atom stereocenters. The monoisotopic (exact) mass is 315 g/mol. The average Bonchev–Trinajstić information content (AvgIpc) is 3.16. The van der Waals surface area contributed by atoms with Crippen molar-refractivity contribution in [1.29, 1.82) is 0 Å². The molecule has 0 bridgehead atoms. The summed E-state index contributed by atoms with van der Waals surface area (Å²) in [7, 11) is 0. The minimum absolute atomic E-state index is 0.782. The van der Waals surface area contributed by atoms with Gasteiger partial charge in [-0.1, -0.05) is 13.8 Å². The number of hydrogen-bond acceptors (Lipinski definition) is 3. The highest BCUT2D eigenvalue weighted by molar-refractivity contribution is 7.71. The highest BCUT2D eigenvalue weighted by atomic mass is 32.1. The fourth-order valence-electron chi connectivity index (χ4n) is 2.72. The maximum Gasteiger partial charge on any atom is 0.178 e. The number of aromatic nitrogens is 4. The van der Waals surface area contributed by atoms with Crippen LogP contribution in [-0.2, 0) is 6.54 Å². The lowest BCUT2D eigenvalue weighted by atomic mass is 10.2. The van der Waals surface area contributed by atoms with E-state index in [1.54, 1.807) is 6.20 Å². The van der Waals surface area contributed by atoms with Crippen LogP contribution in [0.1, 0.15) is 13.8 Å². The van der Waals surface area contributed by atoms with Gasteiger partial charge in [0.05, 0.1) is 17.4 Å². The van der Waals surface area contributed by atoms with E-state index in [2.05, 4.69) is 51.5 Å². The van der Waals surface area contributed by atoms with E-state index in [9.17, 15) is 0 Å². The number of likely N-dealkylation sites (N-methyl/N-ethyl adjacent to an activating group) is 1. The van der Waals surface area contributed by atoms with Gasteiger partial charge in [-0.2, -0.15) is 0 Å². The SMILES string of the molecule is CCN(CC)CCn1c(=S)[nH]c2ccc(-n3ccnc3)cc21. The lowest BCUT2D eigenvalue weighted by molar-refractivity contribution is 0.291. The standard InChI is InChI=1S/C16H21N5S/c1-3-19(4-2)9-10-21-15-11-13(20-8-7-17-12-20)5-6-14(15)18-16(21)22/h5-8,11-12H,3-4,9-10H2,1-2H3,(H,18,22). The summed E-state index contributed by atoms with van der Waals surface area (Å²) in [6.45, 7) is 8.40. The molecular weight excluding hydrogens is 294 g/mol. The molecule has 0 aliphatic heterocycles. The maximum atomic E-state index is 5.49. The third kappa shape index (κ3) is 2.84. The number of nitrogens with one attached hydrogen (secondary N) is 1. The molecule has 0 saturated carbocycles. The molecule has 0 fully saturated rings. The molecule has 3 rings (SSSR count). The first-order valence-corrected chi connectivity index (χ1v) is 8.07. The van der Waals surface area contributed by atoms with Crippen LogP contribution in [0.4, 0.5) is 0 Å². The van der Waals surface area contributed by atoms with E-state index in [0.717, 1.165) is 47.7 Å². The maximum absolute atomic E-state index is 5.49. The van der Waals surface area contributed by atoms with Gasteiger partial charge in [0.25, 0.3) is 0 Å². The Labute approximate surface area is 135 Å². The van der Waals surface area contributed by atoms with Crippen LogP contribution in [0.25, 0.3) is 16.7 Å². The first-order chi connectivity index (χ1) is 10.7. The lowest BCUT2D eigenvalue weighted by Gasteiger charge is -2.18. The molecule has 1 N–H and O–H groups in total. The summed E-state index contributed by atoms with van der Waals surface area (Å²) < 4.78 is 4.97. The molecule has 0 aliphatic carbocycles. The van der Waals surface area contributed by atoms with Crippen LogP contribution in [0.5, 0.6) is 0 Å². The highest BCUT2D eigenvalue weighted by Crippen LogP contribution is 2.19. The first kappa shape index (κ1) is 15.0. The Morgan fingerprint density at radius 2 is 2.09 bits per heavy atom. The second kappa shape index (κ2) is 6.46. The fraction of sp³-hybridized carbons (Fsp3) is 0.375. The van der Waals surface area contributed by atoms with Gasteiger partial charge in [0.15, 0.2) is 4.77 Å². The second-order valence-electron chi connectivity index (χ2n) is 5.28. The molecule has 0 spiro atoms. The van der Waals surface area contributed by atoms with Crippen LogP contribution in [0.2, 0.25) is 0 Å². The molecule has 5 nitrogen and oxygen atoms in total. The van der Waals surface area contributed by atoms with Gasteiger partial charge >= 0.3 is 0 Å². The van der Waals surface area contributed by atoms with Crippen LogP contribution in [-0.4, -0.2) is 43.6 Å². The van der Waals surface area contributed by atoms with Gasteiger partial charge < -0.3 is 19.0 Å². The van der Waals surface area contributed by atoms with Crippen molar-refractivity contribution in [2.24, 2.45) is 0 Å². The van der Waals surface area contributed by atoms with Crippen molar-refractivity contribution >= 4 is 23.3 Å². The van der Waals surface area contributed by atoms with Crippen LogP contribution >= 0.6 is 12.2 Å². The van der Waals surface area contributed by atoms with Gasteiger partial charge in [-0.3, -0.25) is 0 Å². The zero-order valence-corrected chi connectivity index (χ0v) is 13.8. The Morgan fingerprint density at radius 1 is 1.27 bits per heavy atom. The number of rotatable bonds is 6. The van der Waals surface area contributed by atoms with E-state index in [-0.39, 0.29) is 0 Å². The van der Waals surface area contributed by atoms with E-state index in [4.69, 9.17) is 12.2 Å². The summed E-state index contributed by atoms with van der Waals surface area (Å²) >= 11 is 5.49. The summed E-state index contributed by atoms with van der Waals surface area (Å²) in [6, 6.07) is 6.31. The number of benzene rings is 1. The molecule has 3 aromatic rings. The van der Waals surface area contributed by atoms with E-state index in [1.165, 1.54) is 0 Å². The van der Waals surface area contributed by atoms with E-state index in [1.807, 2.05) is 17.1 Å². The number of aromatic amines is 1. The predicted octanol–water partition coefficient (Wildman–Crippen LogP) is 3.23. The molecule has 0 atom stereocenters. The second-order valence-corrected chi connectivity index (χ2v) is 5.67. The minimum Gasteiger partial charge on any atom is -0.331 e. The van der Waals surface area contributed by atoms with E-state index < -0.39 is 0 Å². The molecular formula is C16H21N5S. The van der Waals surface area contributed by atoms with E-state index in [0.29, 0.717) is 0 Å². The Morgan fingerprint density at radius 3 is 2.77 bits per heavy atom. The number of nitrogens with zero attached hydrogens (tertiary/aromatic N) is 4. The minimum atomic E-state index is 0.782. The number of fused-ring (bicyclic) bond motifs is 1. The molecule has 2 heterocycles. The van der Waals surface area contributed by atoms with Crippen molar-refractivity contribution in [3.63, 3.8) is 0 Å². The zero-order valence-electron chi connectivity index (χ0n) is 13.0. The smallest absolute Gasteiger partial charge is 0.178 e. The van der Waals surface area contributed by atoms with Gasteiger partial charge in [0, 0.05) is 31.2 Å². The van der Waals surface area contributed by atoms with Crippen LogP contribution in [0, 0.1) is 4.77 Å². The van der Waals surface area contributed by atoms with Crippen molar-refractivity contribution in [3.05, 3.63) is 41.7 Å². The third-order valence-corrected chi connectivity index (χ3v) is 4.42. The van der Waals surface area contributed by atoms with Gasteiger partial charge in [-0.25, -0.2) is 4.98 Å². The van der Waals surface area contributed by atoms with Crippen molar-refractivity contribution in [2.75, 3.05) is 19.6 Å². The Balaban J connectivity index is 1.96. The Bertz CT molecular complexity index is 796. The number of imidazole rings is 2. The first-order valence-electron chi connectivity index (χ1n) is 7.66. The topological polar surface area (TPSA) is 41.8 Å². The summed E-state index contributed by atoms with van der Waals surface area (Å²) in [5.74, 6) is 0. The molecule has 116 valence electrons. The van der Waals surface area contributed by atoms with Crippen molar-refractivity contribution in [3.8, 4) is 5.69 Å². The largest absolute Gasteiger partial charge is 0.331 e. The summed E-state index contributed by atoms with van der Waals surface area (Å²) in [6.07, 6.45) is 5.54. The zero-order chi connectivity index (χ0) is 15.5. The molecule has 6 heteroatoms. The molecule has 0 amide bonds. The molecule has 0 radical (unpaired) electrons. The van der Waals surface area contributed by atoms with Gasteiger partial charge in [-0.05, 0) is 43.5 Å². The predicted molar refractivity (Wildman–Crippen MR) is 92.0 cm³/mol. The fourth-order valence-corrected chi connectivity index (χ4v) is 3.02. The molecule has 1 aromatic carbocycles. The molecule has 0 saturated heterocycles. The average molecular weight is 315 g/mol. The van der Waals surface area contributed by atoms with Crippen molar-refractivity contribution in [1.82, 2.24) is 24.0 Å². The van der Waals surface area contributed by atoms with Gasteiger partial charge in [-0.15, -0.1) is 0 Å². The van der Waals surface area contributed by atoms with Crippen LogP contribution in [0.3, 0.4) is 0 Å². The van der Waals surface area contributed by atoms with Crippen molar-refractivity contribution in [2.45, 2.75) is 20.4 Å². The summed E-state index contributed by atoms with van der Waals surface area (Å²) in [5.41, 5.74) is 3.31. The van der Waals surface area contributed by atoms with Gasteiger partial charge in [0.2, 0.25) is 0 Å². The molecule has 0 aliphatic rings. The lowest BCUT2D eigenvalue weighted by Crippen LogP contribution is -2.27. The quantitative estimate of drug-likeness (QED) is 0.710.